The second-order valence-corrected chi connectivity index (χ2v) is 3.56. The van der Waals surface area contributed by atoms with Gasteiger partial charge in [0, 0.05) is 17.2 Å². The lowest BCUT2D eigenvalue weighted by Crippen LogP contribution is -2.05. The molecular weight excluding hydrogens is 210 g/mol. The Morgan fingerprint density at radius 2 is 2.00 bits per heavy atom. The Morgan fingerprint density at radius 1 is 1.38 bits per heavy atom. The minimum atomic E-state index is -0.505. The van der Waals surface area contributed by atoms with Gasteiger partial charge in [0.15, 0.2) is 5.78 Å². The molecule has 1 rings (SSSR count). The number of Topliss-reactive ketones (excluding diaryl/α,β-unsaturated/α-hetero) is 2. The third kappa shape index (κ3) is 2.73. The van der Waals surface area contributed by atoms with Gasteiger partial charge in [0.1, 0.15) is 5.78 Å². The first-order valence-corrected chi connectivity index (χ1v) is 4.69. The van der Waals surface area contributed by atoms with Crippen molar-refractivity contribution in [1.29, 1.82) is 0 Å². The van der Waals surface area contributed by atoms with E-state index >= 15 is 0 Å². The number of benzene rings is 1. The van der Waals surface area contributed by atoms with Gasteiger partial charge in [0.2, 0.25) is 0 Å². The topological polar surface area (TPSA) is 77.3 Å². The number of hydrogen-bond donors (Lipinski definition) is 0. The molecule has 0 spiro atoms. The van der Waals surface area contributed by atoms with Gasteiger partial charge in [-0.2, -0.15) is 0 Å². The number of aryl methyl sites for hydroxylation is 1. The Labute approximate surface area is 92.2 Å². The zero-order valence-corrected chi connectivity index (χ0v) is 9.02. The van der Waals surface area contributed by atoms with Crippen molar-refractivity contribution < 1.29 is 14.5 Å². The average Bonchev–Trinajstić information content (AvgIpc) is 2.15. The van der Waals surface area contributed by atoms with Crippen LogP contribution in [0.4, 0.5) is 5.69 Å². The van der Waals surface area contributed by atoms with Crippen molar-refractivity contribution in [1.82, 2.24) is 0 Å². The molecule has 0 saturated heterocycles. The molecule has 0 aliphatic rings. The second kappa shape index (κ2) is 4.65. The van der Waals surface area contributed by atoms with Crippen LogP contribution in [0.25, 0.3) is 0 Å². The number of hydrogen-bond acceptors (Lipinski definition) is 4. The lowest BCUT2D eigenvalue weighted by molar-refractivity contribution is -0.385. The molecule has 5 heteroatoms. The molecule has 1 aromatic rings. The molecule has 5 nitrogen and oxygen atoms in total. The van der Waals surface area contributed by atoms with Crippen molar-refractivity contribution in [2.24, 2.45) is 0 Å². The van der Waals surface area contributed by atoms with Crippen molar-refractivity contribution >= 4 is 17.3 Å². The van der Waals surface area contributed by atoms with Crippen molar-refractivity contribution in [3.05, 3.63) is 39.4 Å². The average molecular weight is 221 g/mol. The summed E-state index contributed by atoms with van der Waals surface area (Å²) < 4.78 is 0. The van der Waals surface area contributed by atoms with Crippen LogP contribution in [0.15, 0.2) is 18.2 Å². The Kier molecular flexibility index (Phi) is 3.50. The standard InChI is InChI=1S/C11H11NO4/c1-7-5-9(11(14)6-8(2)13)3-4-10(7)12(15)16/h3-5H,6H2,1-2H3. The Morgan fingerprint density at radius 3 is 2.44 bits per heavy atom. The third-order valence-electron chi connectivity index (χ3n) is 2.12. The van der Waals surface area contributed by atoms with E-state index in [1.807, 2.05) is 0 Å². The molecule has 0 atom stereocenters. The first kappa shape index (κ1) is 12.0. The smallest absolute Gasteiger partial charge is 0.272 e. The molecule has 0 aliphatic carbocycles. The molecule has 1 aromatic carbocycles. The Bertz CT molecular complexity index is 465. The summed E-state index contributed by atoms with van der Waals surface area (Å²) in [5.74, 6) is -0.536. The third-order valence-corrected chi connectivity index (χ3v) is 2.12. The van der Waals surface area contributed by atoms with Gasteiger partial charge in [-0.25, -0.2) is 0 Å². The molecule has 0 radical (unpaired) electrons. The Hall–Kier alpha value is -2.04. The van der Waals surface area contributed by atoms with Gasteiger partial charge < -0.3 is 0 Å². The Balaban J connectivity index is 3.01. The SMILES string of the molecule is CC(=O)CC(=O)c1ccc([N+](=O)[O-])c(C)c1. The van der Waals surface area contributed by atoms with Crippen LogP contribution >= 0.6 is 0 Å². The number of carbonyl (C=O) groups excluding carboxylic acids is 2. The minimum absolute atomic E-state index is 0.0284. The molecule has 0 bridgehead atoms. The van der Waals surface area contributed by atoms with E-state index < -0.39 is 4.92 Å². The maximum Gasteiger partial charge on any atom is 0.272 e. The largest absolute Gasteiger partial charge is 0.300 e. The number of nitro benzene ring substituents is 1. The van der Waals surface area contributed by atoms with Crippen LogP contribution in [-0.2, 0) is 4.79 Å². The first-order valence-electron chi connectivity index (χ1n) is 4.69. The highest BCUT2D eigenvalue weighted by Gasteiger charge is 2.14. The van der Waals surface area contributed by atoms with Crippen LogP contribution in [0.3, 0.4) is 0 Å². The fourth-order valence-electron chi connectivity index (χ4n) is 1.36. The summed E-state index contributed by atoms with van der Waals surface area (Å²) in [6.07, 6.45) is -0.169. The number of nitrogens with zero attached hydrogens (tertiary/aromatic N) is 1. The zero-order chi connectivity index (χ0) is 12.3. The maximum absolute atomic E-state index is 11.5. The highest BCUT2D eigenvalue weighted by Crippen LogP contribution is 2.19. The normalized spacial score (nSPS) is 9.88. The molecular formula is C11H11NO4. The first-order chi connectivity index (χ1) is 7.41. The number of nitro groups is 1. The van der Waals surface area contributed by atoms with Crippen molar-refractivity contribution in [3.63, 3.8) is 0 Å². The predicted octanol–water partition coefficient (Wildman–Crippen LogP) is 2.07. The highest BCUT2D eigenvalue weighted by molar-refractivity contribution is 6.07. The van der Waals surface area contributed by atoms with Crippen molar-refractivity contribution in [2.45, 2.75) is 20.3 Å². The maximum atomic E-state index is 11.5. The summed E-state index contributed by atoms with van der Waals surface area (Å²) in [6, 6.07) is 4.09. The number of carbonyl (C=O) groups is 2. The number of ketones is 2. The van der Waals surface area contributed by atoms with Gasteiger partial charge in [0.05, 0.1) is 11.3 Å². The molecule has 0 N–H and O–H groups in total. The lowest BCUT2D eigenvalue weighted by atomic mass is 10.0. The van der Waals surface area contributed by atoms with E-state index in [1.165, 1.54) is 25.1 Å². The van der Waals surface area contributed by atoms with Crippen LogP contribution in [0.1, 0.15) is 29.3 Å². The summed E-state index contributed by atoms with van der Waals surface area (Å²) >= 11 is 0. The monoisotopic (exact) mass is 221 g/mol. The van der Waals surface area contributed by atoms with Crippen LogP contribution in [0, 0.1) is 17.0 Å². The summed E-state index contributed by atoms with van der Waals surface area (Å²) in [7, 11) is 0. The lowest BCUT2D eigenvalue weighted by Gasteiger charge is -2.01. The van der Waals surface area contributed by atoms with Crippen LogP contribution in [-0.4, -0.2) is 16.5 Å². The fourth-order valence-corrected chi connectivity index (χ4v) is 1.36. The molecule has 0 amide bonds. The van der Waals surface area contributed by atoms with Crippen molar-refractivity contribution in [2.75, 3.05) is 0 Å². The van der Waals surface area contributed by atoms with Gasteiger partial charge >= 0.3 is 0 Å². The molecule has 0 heterocycles. The van der Waals surface area contributed by atoms with E-state index in [1.54, 1.807) is 6.92 Å². The summed E-state index contributed by atoms with van der Waals surface area (Å²) in [6.45, 7) is 2.89. The van der Waals surface area contributed by atoms with Gasteiger partial charge in [0.25, 0.3) is 5.69 Å². The summed E-state index contributed by atoms with van der Waals surface area (Å²) in [5.41, 5.74) is 0.720. The molecule has 16 heavy (non-hydrogen) atoms. The molecule has 0 aromatic heterocycles. The van der Waals surface area contributed by atoms with Gasteiger partial charge in [-0.15, -0.1) is 0 Å². The van der Waals surface area contributed by atoms with Crippen LogP contribution < -0.4 is 0 Å². The van der Waals surface area contributed by atoms with Crippen molar-refractivity contribution in [3.8, 4) is 0 Å². The van der Waals surface area contributed by atoms with Crippen LogP contribution in [0.5, 0.6) is 0 Å². The molecule has 84 valence electrons. The zero-order valence-electron chi connectivity index (χ0n) is 9.02. The van der Waals surface area contributed by atoms with Crippen LogP contribution in [0.2, 0.25) is 0 Å². The van der Waals surface area contributed by atoms with Gasteiger partial charge in [-0.3, -0.25) is 19.7 Å². The van der Waals surface area contributed by atoms with E-state index in [-0.39, 0.29) is 23.7 Å². The summed E-state index contributed by atoms with van der Waals surface area (Å²) in [5, 5.41) is 10.5. The fraction of sp³-hybridized carbons (Fsp3) is 0.273. The predicted molar refractivity (Wildman–Crippen MR) is 57.5 cm³/mol. The van der Waals surface area contributed by atoms with E-state index in [0.29, 0.717) is 11.1 Å². The molecule has 0 saturated carbocycles. The van der Waals surface area contributed by atoms with E-state index in [0.717, 1.165) is 0 Å². The molecule has 0 unspecified atom stereocenters. The number of rotatable bonds is 4. The minimum Gasteiger partial charge on any atom is -0.300 e. The highest BCUT2D eigenvalue weighted by atomic mass is 16.6. The van der Waals surface area contributed by atoms with Gasteiger partial charge in [-0.05, 0) is 26.0 Å². The van der Waals surface area contributed by atoms with E-state index in [2.05, 4.69) is 0 Å². The summed E-state index contributed by atoms with van der Waals surface area (Å²) in [4.78, 5) is 32.3. The molecule has 0 aliphatic heterocycles. The van der Waals surface area contributed by atoms with Gasteiger partial charge in [-0.1, -0.05) is 0 Å². The molecule has 0 fully saturated rings. The van der Waals surface area contributed by atoms with E-state index in [9.17, 15) is 19.7 Å². The quantitative estimate of drug-likeness (QED) is 0.337. The second-order valence-electron chi connectivity index (χ2n) is 3.56. The van der Waals surface area contributed by atoms with E-state index in [4.69, 9.17) is 0 Å².